The lowest BCUT2D eigenvalue weighted by atomic mass is 10.2. The van der Waals surface area contributed by atoms with Crippen molar-refractivity contribution in [3.8, 4) is 11.5 Å². The van der Waals surface area contributed by atoms with E-state index in [9.17, 15) is 0 Å². The molecular formula is C12H12Cl2N2O. The van der Waals surface area contributed by atoms with E-state index in [1.165, 1.54) is 0 Å². The molecule has 17 heavy (non-hydrogen) atoms. The second kappa shape index (κ2) is 5.54. The number of benzene rings is 1. The van der Waals surface area contributed by atoms with Crippen LogP contribution in [0.5, 0.6) is 0 Å². The highest BCUT2D eigenvalue weighted by atomic mass is 35.5. The summed E-state index contributed by atoms with van der Waals surface area (Å²) in [4.78, 5) is 4.35. The first-order valence-electron chi connectivity index (χ1n) is 5.31. The van der Waals surface area contributed by atoms with Crippen molar-refractivity contribution in [1.82, 2.24) is 10.3 Å². The molecule has 0 radical (unpaired) electrons. The predicted octanol–water partition coefficient (Wildman–Crippen LogP) is 3.76. The molecule has 0 saturated heterocycles. The largest absolute Gasteiger partial charge is 0.444 e. The zero-order valence-corrected chi connectivity index (χ0v) is 10.8. The summed E-state index contributed by atoms with van der Waals surface area (Å²) >= 11 is 12.0. The van der Waals surface area contributed by atoms with Crippen LogP contribution in [0.2, 0.25) is 10.0 Å². The molecule has 0 unspecified atom stereocenters. The van der Waals surface area contributed by atoms with Crippen molar-refractivity contribution in [2.45, 2.75) is 13.5 Å². The van der Waals surface area contributed by atoms with Gasteiger partial charge in [-0.25, -0.2) is 4.98 Å². The second-order valence-electron chi connectivity index (χ2n) is 3.55. The van der Waals surface area contributed by atoms with Gasteiger partial charge in [-0.1, -0.05) is 30.1 Å². The summed E-state index contributed by atoms with van der Waals surface area (Å²) in [6, 6.07) is 5.20. The fourth-order valence-electron chi connectivity index (χ4n) is 1.43. The van der Waals surface area contributed by atoms with E-state index in [2.05, 4.69) is 10.3 Å². The van der Waals surface area contributed by atoms with Crippen LogP contribution in [0.4, 0.5) is 0 Å². The number of aromatic nitrogens is 1. The van der Waals surface area contributed by atoms with Crippen LogP contribution in [0.3, 0.4) is 0 Å². The summed E-state index contributed by atoms with van der Waals surface area (Å²) < 4.78 is 5.39. The lowest BCUT2D eigenvalue weighted by molar-refractivity contribution is 0.571. The van der Waals surface area contributed by atoms with Crippen LogP contribution in [0, 0.1) is 0 Å². The van der Waals surface area contributed by atoms with E-state index in [0.717, 1.165) is 12.2 Å². The minimum Gasteiger partial charge on any atom is -0.444 e. The van der Waals surface area contributed by atoms with Gasteiger partial charge in [-0.2, -0.15) is 0 Å². The van der Waals surface area contributed by atoms with Gasteiger partial charge < -0.3 is 9.73 Å². The molecule has 0 aliphatic rings. The van der Waals surface area contributed by atoms with Gasteiger partial charge in [-0.15, -0.1) is 0 Å². The standard InChI is InChI=1S/C12H12Cl2N2O/c1-2-15-6-9-7-17-12(16-9)10-5-8(13)3-4-11(10)14/h3-5,7,15H,2,6H2,1H3. The molecule has 90 valence electrons. The van der Waals surface area contributed by atoms with Gasteiger partial charge in [-0.05, 0) is 24.7 Å². The molecule has 0 fully saturated rings. The maximum absolute atomic E-state index is 6.07. The van der Waals surface area contributed by atoms with Gasteiger partial charge in [0.15, 0.2) is 0 Å². The summed E-state index contributed by atoms with van der Waals surface area (Å²) in [5.41, 5.74) is 1.56. The molecule has 0 amide bonds. The molecule has 1 aromatic carbocycles. The number of hydrogen-bond acceptors (Lipinski definition) is 3. The molecule has 2 aromatic rings. The van der Waals surface area contributed by atoms with Crippen molar-refractivity contribution in [3.05, 3.63) is 40.2 Å². The fourth-order valence-corrected chi connectivity index (χ4v) is 1.80. The molecule has 2 rings (SSSR count). The van der Waals surface area contributed by atoms with E-state index in [1.54, 1.807) is 24.5 Å². The van der Waals surface area contributed by atoms with E-state index in [1.807, 2.05) is 6.92 Å². The Hall–Kier alpha value is -1.03. The first kappa shape index (κ1) is 12.4. The van der Waals surface area contributed by atoms with Crippen LogP contribution >= 0.6 is 23.2 Å². The molecule has 5 heteroatoms. The predicted molar refractivity (Wildman–Crippen MR) is 69.3 cm³/mol. The number of rotatable bonds is 4. The Morgan fingerprint density at radius 1 is 1.35 bits per heavy atom. The molecule has 0 atom stereocenters. The van der Waals surface area contributed by atoms with E-state index >= 15 is 0 Å². The topological polar surface area (TPSA) is 38.1 Å². The first-order valence-corrected chi connectivity index (χ1v) is 6.07. The van der Waals surface area contributed by atoms with Crippen molar-refractivity contribution >= 4 is 23.2 Å². The van der Waals surface area contributed by atoms with Crippen molar-refractivity contribution in [1.29, 1.82) is 0 Å². The number of halogens is 2. The van der Waals surface area contributed by atoms with Crippen molar-refractivity contribution < 1.29 is 4.42 Å². The minimum absolute atomic E-state index is 0.491. The molecule has 1 N–H and O–H groups in total. The summed E-state index contributed by atoms with van der Waals surface area (Å²) in [6.45, 7) is 3.60. The molecule has 0 bridgehead atoms. The monoisotopic (exact) mass is 270 g/mol. The summed E-state index contributed by atoms with van der Waals surface area (Å²) in [5, 5.41) is 4.36. The quantitative estimate of drug-likeness (QED) is 0.920. The minimum atomic E-state index is 0.491. The molecule has 0 aliphatic heterocycles. The molecule has 0 aliphatic carbocycles. The highest BCUT2D eigenvalue weighted by Crippen LogP contribution is 2.29. The average molecular weight is 271 g/mol. The normalized spacial score (nSPS) is 10.8. The third-order valence-electron chi connectivity index (χ3n) is 2.27. The summed E-state index contributed by atoms with van der Waals surface area (Å²) in [6.07, 6.45) is 1.62. The first-order chi connectivity index (χ1) is 8.20. The van der Waals surface area contributed by atoms with Gasteiger partial charge in [0.05, 0.1) is 16.3 Å². The Balaban J connectivity index is 2.27. The SMILES string of the molecule is CCNCc1coc(-c2cc(Cl)ccc2Cl)n1. The molecular weight excluding hydrogens is 259 g/mol. The molecule has 1 aromatic heterocycles. The van der Waals surface area contributed by atoms with E-state index in [4.69, 9.17) is 27.6 Å². The van der Waals surface area contributed by atoms with Crippen molar-refractivity contribution in [3.63, 3.8) is 0 Å². The molecule has 3 nitrogen and oxygen atoms in total. The van der Waals surface area contributed by atoms with E-state index in [-0.39, 0.29) is 0 Å². The molecule has 0 spiro atoms. The Morgan fingerprint density at radius 3 is 2.94 bits per heavy atom. The van der Waals surface area contributed by atoms with Gasteiger partial charge in [0.2, 0.25) is 5.89 Å². The zero-order chi connectivity index (χ0) is 12.3. The lowest BCUT2D eigenvalue weighted by Gasteiger charge is -1.99. The van der Waals surface area contributed by atoms with Crippen molar-refractivity contribution in [2.24, 2.45) is 0 Å². The highest BCUT2D eigenvalue weighted by Gasteiger charge is 2.10. The summed E-state index contributed by atoms with van der Waals surface area (Å²) in [7, 11) is 0. The smallest absolute Gasteiger partial charge is 0.227 e. The van der Waals surface area contributed by atoms with Crippen LogP contribution < -0.4 is 5.32 Å². The Kier molecular flexibility index (Phi) is 4.05. The third-order valence-corrected chi connectivity index (χ3v) is 2.83. The summed E-state index contributed by atoms with van der Waals surface area (Å²) in [5.74, 6) is 0.491. The second-order valence-corrected chi connectivity index (χ2v) is 4.39. The number of nitrogens with zero attached hydrogens (tertiary/aromatic N) is 1. The molecule has 0 saturated carbocycles. The zero-order valence-electron chi connectivity index (χ0n) is 9.34. The van der Waals surface area contributed by atoms with Crippen LogP contribution in [-0.2, 0) is 6.54 Å². The van der Waals surface area contributed by atoms with Crippen LogP contribution in [0.15, 0.2) is 28.9 Å². The lowest BCUT2D eigenvalue weighted by Crippen LogP contribution is -2.11. The fraction of sp³-hybridized carbons (Fsp3) is 0.250. The number of oxazole rings is 1. The number of hydrogen-bond donors (Lipinski definition) is 1. The van der Waals surface area contributed by atoms with Crippen LogP contribution in [0.1, 0.15) is 12.6 Å². The van der Waals surface area contributed by atoms with Gasteiger partial charge in [0, 0.05) is 11.6 Å². The van der Waals surface area contributed by atoms with E-state index in [0.29, 0.717) is 28.0 Å². The van der Waals surface area contributed by atoms with Crippen LogP contribution in [0.25, 0.3) is 11.5 Å². The van der Waals surface area contributed by atoms with E-state index < -0.39 is 0 Å². The number of nitrogens with one attached hydrogen (secondary N) is 1. The van der Waals surface area contributed by atoms with Crippen molar-refractivity contribution in [2.75, 3.05) is 6.54 Å². The third kappa shape index (κ3) is 3.00. The maximum atomic E-state index is 6.07. The maximum Gasteiger partial charge on any atom is 0.227 e. The Bertz CT molecular complexity index is 511. The average Bonchev–Trinajstić information content (AvgIpc) is 2.78. The van der Waals surface area contributed by atoms with Gasteiger partial charge in [0.25, 0.3) is 0 Å². The van der Waals surface area contributed by atoms with Gasteiger partial charge in [0.1, 0.15) is 6.26 Å². The molecule has 1 heterocycles. The Labute approximate surface area is 110 Å². The highest BCUT2D eigenvalue weighted by molar-refractivity contribution is 6.35. The van der Waals surface area contributed by atoms with Crippen LogP contribution in [-0.4, -0.2) is 11.5 Å². The Morgan fingerprint density at radius 2 is 2.18 bits per heavy atom. The van der Waals surface area contributed by atoms with Gasteiger partial charge in [-0.3, -0.25) is 0 Å². The van der Waals surface area contributed by atoms with Gasteiger partial charge >= 0.3 is 0 Å².